The van der Waals surface area contributed by atoms with Crippen molar-refractivity contribution in [1.29, 1.82) is 0 Å². The van der Waals surface area contributed by atoms with Crippen LogP contribution in [0, 0.1) is 18.7 Å². The van der Waals surface area contributed by atoms with E-state index in [-0.39, 0.29) is 11.6 Å². The van der Waals surface area contributed by atoms with Crippen molar-refractivity contribution >= 4 is 27.4 Å². The highest BCUT2D eigenvalue weighted by Gasteiger charge is 2.39. The second-order valence-corrected chi connectivity index (χ2v) is 10.6. The summed E-state index contributed by atoms with van der Waals surface area (Å²) in [5.74, 6) is -1.77. The van der Waals surface area contributed by atoms with Crippen LogP contribution in [0.15, 0.2) is 31.8 Å². The summed E-state index contributed by atoms with van der Waals surface area (Å²) < 4.78 is 52.6. The van der Waals surface area contributed by atoms with Gasteiger partial charge in [-0.15, -0.1) is 0 Å². The number of nitrogens with one attached hydrogen (secondary N) is 1. The Labute approximate surface area is 194 Å². The van der Waals surface area contributed by atoms with Crippen molar-refractivity contribution in [2.24, 2.45) is 5.92 Å². The summed E-state index contributed by atoms with van der Waals surface area (Å²) in [5, 5.41) is 10.3. The quantitative estimate of drug-likeness (QED) is 0.625. The van der Waals surface area contributed by atoms with Gasteiger partial charge in [-0.05, 0) is 37.0 Å². The van der Waals surface area contributed by atoms with E-state index in [1.807, 2.05) is 6.08 Å². The lowest BCUT2D eigenvalue weighted by atomic mass is 9.80. The summed E-state index contributed by atoms with van der Waals surface area (Å²) in [5.41, 5.74) is 0.179. The molecule has 0 spiro atoms. The number of carbonyl (C=O) groups excluding carboxylic acids is 1. The van der Waals surface area contributed by atoms with Gasteiger partial charge in [-0.1, -0.05) is 25.3 Å². The fraction of sp³-hybridized carbons (Fsp3) is 0.455. The first-order valence-electron chi connectivity index (χ1n) is 11.0. The molecule has 0 unspecified atom stereocenters. The fourth-order valence-electron chi connectivity index (χ4n) is 4.75. The molecule has 182 valence electrons. The van der Waals surface area contributed by atoms with Gasteiger partial charge in [0.15, 0.2) is 11.6 Å². The summed E-state index contributed by atoms with van der Waals surface area (Å²) >= 11 is 0. The second kappa shape index (κ2) is 8.27. The zero-order valence-corrected chi connectivity index (χ0v) is 19.2. The number of amides is 1. The first kappa shape index (κ1) is 22.7. The van der Waals surface area contributed by atoms with Gasteiger partial charge in [0.2, 0.25) is 0 Å². The van der Waals surface area contributed by atoms with Gasteiger partial charge in [0.1, 0.15) is 23.7 Å². The van der Waals surface area contributed by atoms with Crippen LogP contribution in [0.5, 0.6) is 5.75 Å². The molecule has 1 amide bonds. The first-order chi connectivity index (χ1) is 16.1. The van der Waals surface area contributed by atoms with Gasteiger partial charge in [-0.2, -0.15) is 8.42 Å². The third-order valence-corrected chi connectivity index (χ3v) is 8.11. The van der Waals surface area contributed by atoms with Crippen LogP contribution in [0.4, 0.5) is 10.1 Å². The van der Waals surface area contributed by atoms with Gasteiger partial charge in [0.05, 0.1) is 6.54 Å². The number of phenolic OH excluding ortho intramolecular Hbond substituents is 1. The van der Waals surface area contributed by atoms with Gasteiger partial charge >= 0.3 is 16.0 Å². The van der Waals surface area contributed by atoms with Crippen molar-refractivity contribution in [1.82, 2.24) is 9.62 Å². The van der Waals surface area contributed by atoms with Gasteiger partial charge in [-0.3, -0.25) is 9.69 Å². The summed E-state index contributed by atoms with van der Waals surface area (Å²) in [7, 11) is -4.30. The van der Waals surface area contributed by atoms with Crippen molar-refractivity contribution in [3.8, 4) is 5.75 Å². The van der Waals surface area contributed by atoms with Crippen molar-refractivity contribution in [2.75, 3.05) is 17.4 Å². The number of hydrogen-bond donors (Lipinski definition) is 2. The smallest absolute Gasteiger partial charge is 0.506 e. The predicted octanol–water partition coefficient (Wildman–Crippen LogP) is 2.02. The third kappa shape index (κ3) is 4.00. The maximum absolute atomic E-state index is 15.7. The molecule has 0 bridgehead atoms. The zero-order chi connectivity index (χ0) is 24.2. The molecule has 3 aliphatic rings. The van der Waals surface area contributed by atoms with Crippen LogP contribution in [-0.4, -0.2) is 43.5 Å². The summed E-state index contributed by atoms with van der Waals surface area (Å²) in [6.07, 6.45) is 6.22. The largest absolute Gasteiger partial charge is 0.519 e. The normalized spacial score (nSPS) is 22.6. The van der Waals surface area contributed by atoms with Gasteiger partial charge in [0, 0.05) is 18.2 Å². The molecule has 12 heteroatoms. The molecule has 0 radical (unpaired) electrons. The Morgan fingerprint density at radius 1 is 1.21 bits per heavy atom. The van der Waals surface area contributed by atoms with E-state index in [9.17, 15) is 23.1 Å². The molecule has 1 aromatic heterocycles. The number of halogens is 1. The van der Waals surface area contributed by atoms with Crippen molar-refractivity contribution in [3.63, 3.8) is 0 Å². The van der Waals surface area contributed by atoms with Crippen LogP contribution in [0.2, 0.25) is 0 Å². The van der Waals surface area contributed by atoms with Crippen molar-refractivity contribution < 1.29 is 31.5 Å². The van der Waals surface area contributed by atoms with E-state index in [0.29, 0.717) is 40.4 Å². The Bertz CT molecular complexity index is 1340. The van der Waals surface area contributed by atoms with Crippen LogP contribution < -0.4 is 14.8 Å². The topological polar surface area (TPSA) is 133 Å². The lowest BCUT2D eigenvalue weighted by molar-refractivity contribution is -0.117. The lowest BCUT2D eigenvalue weighted by Crippen LogP contribution is -2.33. The van der Waals surface area contributed by atoms with E-state index in [2.05, 4.69) is 4.90 Å². The van der Waals surface area contributed by atoms with Crippen molar-refractivity contribution in [3.05, 3.63) is 51.7 Å². The van der Waals surface area contributed by atoms with E-state index in [1.165, 1.54) is 18.6 Å². The zero-order valence-electron chi connectivity index (χ0n) is 18.4. The van der Waals surface area contributed by atoms with E-state index < -0.39 is 45.7 Å². The number of aryl methyl sites for hydroxylation is 1. The maximum Gasteiger partial charge on any atom is 0.519 e. The predicted molar refractivity (Wildman–Crippen MR) is 119 cm³/mol. The van der Waals surface area contributed by atoms with Crippen LogP contribution >= 0.6 is 0 Å². The van der Waals surface area contributed by atoms with Crippen LogP contribution in [0.3, 0.4) is 0 Å². The van der Waals surface area contributed by atoms with E-state index in [1.54, 1.807) is 11.6 Å². The maximum atomic E-state index is 15.7. The lowest BCUT2D eigenvalue weighted by Gasteiger charge is -2.31. The number of phenols is 1. The minimum Gasteiger partial charge on any atom is -0.506 e. The molecule has 2 aliphatic heterocycles. The molecule has 1 aliphatic carbocycles. The van der Waals surface area contributed by atoms with Crippen LogP contribution in [-0.2, 0) is 21.5 Å². The van der Waals surface area contributed by atoms with E-state index in [4.69, 9.17) is 8.83 Å². The Morgan fingerprint density at radius 3 is 2.56 bits per heavy atom. The third-order valence-electron chi connectivity index (χ3n) is 6.73. The number of carbonyl (C=O) groups is 1. The van der Waals surface area contributed by atoms with Gasteiger partial charge in [-0.25, -0.2) is 18.2 Å². The second-order valence-electron chi connectivity index (χ2n) is 8.96. The van der Waals surface area contributed by atoms with Gasteiger partial charge in [0.25, 0.3) is 5.91 Å². The molecule has 1 saturated carbocycles. The molecule has 3 heterocycles. The highest BCUT2D eigenvalue weighted by atomic mass is 32.2. The Hall–Kier alpha value is -3.12. The monoisotopic (exact) mass is 493 g/mol. The summed E-state index contributed by atoms with van der Waals surface area (Å²) in [6.45, 7) is 1.63. The Kier molecular flexibility index (Phi) is 5.52. The van der Waals surface area contributed by atoms with Gasteiger partial charge < -0.3 is 13.9 Å². The Balaban J connectivity index is 1.49. The molecule has 34 heavy (non-hydrogen) atoms. The first-order valence-corrected chi connectivity index (χ1v) is 12.5. The number of anilines is 1. The number of hydrogen-bond acceptors (Lipinski definition) is 8. The molecule has 1 aromatic carbocycles. The van der Waals surface area contributed by atoms with E-state index in [0.717, 1.165) is 19.3 Å². The molecular formula is C22H24FN3O7S. The molecule has 5 rings (SSSR count). The molecular weight excluding hydrogens is 469 g/mol. The summed E-state index contributed by atoms with van der Waals surface area (Å²) in [6, 6.07) is 2.57. The minimum atomic E-state index is -4.30. The van der Waals surface area contributed by atoms with Crippen molar-refractivity contribution in [2.45, 2.75) is 45.2 Å². The standard InChI is InChI=1S/C22H24FN3O7S/c1-12-18(33-22(29)32-12)10-25-9-14(8-15(25)7-13-3-2-4-13)16-5-6-17(27)21(20(16)23)26-11-19(28)24-34(26,30)31/h5-6,8,13,15,27H,2-4,7,9-11H2,1H3,(H,24,28)/t15-/m1/s1. The molecule has 2 aromatic rings. The fourth-order valence-corrected chi connectivity index (χ4v) is 5.91. The average Bonchev–Trinajstić information content (AvgIpc) is 3.34. The molecule has 1 atom stereocenters. The SMILES string of the molecule is Cc1oc(=O)oc1CN1CC(c2ccc(O)c(N3CC(=O)NS3(=O)=O)c2F)=C[C@H]1CC1CCC1. The number of rotatable bonds is 6. The highest BCUT2D eigenvalue weighted by molar-refractivity contribution is 7.92. The number of benzene rings is 1. The molecule has 2 fully saturated rings. The molecule has 1 saturated heterocycles. The van der Waals surface area contributed by atoms with Crippen LogP contribution in [0.25, 0.3) is 5.57 Å². The average molecular weight is 494 g/mol. The summed E-state index contributed by atoms with van der Waals surface area (Å²) in [4.78, 5) is 25.2. The molecule has 2 N–H and O–H groups in total. The minimum absolute atomic E-state index is 0.0460. The Morgan fingerprint density at radius 2 is 1.97 bits per heavy atom. The number of nitrogens with zero attached hydrogens (tertiary/aromatic N) is 2. The molecule has 10 nitrogen and oxygen atoms in total. The van der Waals surface area contributed by atoms with E-state index >= 15 is 4.39 Å². The number of aromatic hydroxyl groups is 1. The highest BCUT2D eigenvalue weighted by Crippen LogP contribution is 2.41. The van der Waals surface area contributed by atoms with Crippen LogP contribution in [0.1, 0.15) is 42.8 Å².